The molecule has 2 N–H and O–H groups in total. The SMILES string of the molecule is CC1(C)C(N)=N[C@](CF)(c2cc(-c3cc(-c4ncc(Cl)cn4)no3)ccc2F)C(=NCI)[S@@+]1[O-]. The number of benzene rings is 1. The van der Waals surface area contributed by atoms with Gasteiger partial charge in [-0.15, -0.1) is 0 Å². The number of hydrogen-bond donors (Lipinski definition) is 1. The average molecular weight is 619 g/mol. The summed E-state index contributed by atoms with van der Waals surface area (Å²) < 4.78 is 47.7. The Morgan fingerprint density at radius 1 is 1.26 bits per heavy atom. The highest BCUT2D eigenvalue weighted by Gasteiger charge is 2.57. The lowest BCUT2D eigenvalue weighted by atomic mass is 9.89. The van der Waals surface area contributed by atoms with Crippen LogP contribution in [0.5, 0.6) is 0 Å². The molecular formula is C21H18ClF2IN6O2S. The van der Waals surface area contributed by atoms with Gasteiger partial charge in [-0.25, -0.2) is 28.7 Å². The summed E-state index contributed by atoms with van der Waals surface area (Å²) >= 11 is 5.91. The third kappa shape index (κ3) is 4.20. The van der Waals surface area contributed by atoms with Crippen LogP contribution in [0.3, 0.4) is 0 Å². The second kappa shape index (κ2) is 9.47. The first-order valence-corrected chi connectivity index (χ1v) is 12.9. The van der Waals surface area contributed by atoms with Crippen LogP contribution in [0.2, 0.25) is 5.02 Å². The molecule has 34 heavy (non-hydrogen) atoms. The molecule has 1 aromatic carbocycles. The van der Waals surface area contributed by atoms with Gasteiger partial charge in [0.1, 0.15) is 12.5 Å². The van der Waals surface area contributed by atoms with Gasteiger partial charge in [0.25, 0.3) is 5.04 Å². The Labute approximate surface area is 215 Å². The number of nitrogens with zero attached hydrogens (tertiary/aromatic N) is 5. The maximum Gasteiger partial charge on any atom is 0.253 e. The molecule has 2 atom stereocenters. The predicted octanol–water partition coefficient (Wildman–Crippen LogP) is 4.45. The summed E-state index contributed by atoms with van der Waals surface area (Å²) in [7, 11) is 0. The van der Waals surface area contributed by atoms with Gasteiger partial charge >= 0.3 is 0 Å². The van der Waals surface area contributed by atoms with Gasteiger partial charge in [-0.2, -0.15) is 0 Å². The lowest BCUT2D eigenvalue weighted by Crippen LogP contribution is -2.59. The van der Waals surface area contributed by atoms with Crippen molar-refractivity contribution in [3.63, 3.8) is 0 Å². The number of hydrogen-bond acceptors (Lipinski definition) is 8. The molecule has 178 valence electrons. The molecular weight excluding hydrogens is 601 g/mol. The Balaban J connectivity index is 1.85. The van der Waals surface area contributed by atoms with Gasteiger partial charge in [0, 0.05) is 40.8 Å². The van der Waals surface area contributed by atoms with E-state index in [9.17, 15) is 8.94 Å². The minimum atomic E-state index is -1.97. The topological polar surface area (TPSA) is 126 Å². The Kier molecular flexibility index (Phi) is 6.95. The number of halogens is 4. The molecule has 4 rings (SSSR count). The van der Waals surface area contributed by atoms with Crippen LogP contribution < -0.4 is 5.73 Å². The molecule has 0 bridgehead atoms. The van der Waals surface area contributed by atoms with Crippen molar-refractivity contribution in [2.24, 2.45) is 15.7 Å². The number of alkyl halides is 2. The van der Waals surface area contributed by atoms with E-state index in [1.807, 2.05) is 22.6 Å². The molecule has 0 aliphatic carbocycles. The lowest BCUT2D eigenvalue weighted by Gasteiger charge is -2.40. The first-order chi connectivity index (χ1) is 16.1. The highest BCUT2D eigenvalue weighted by Crippen LogP contribution is 2.42. The molecule has 0 saturated heterocycles. The van der Waals surface area contributed by atoms with Gasteiger partial charge in [0.05, 0.1) is 9.57 Å². The third-order valence-electron chi connectivity index (χ3n) is 5.37. The molecule has 0 fully saturated rings. The van der Waals surface area contributed by atoms with Crippen LogP contribution in [-0.2, 0) is 16.7 Å². The maximum atomic E-state index is 15.2. The van der Waals surface area contributed by atoms with Crippen LogP contribution in [0.25, 0.3) is 22.8 Å². The Hall–Kier alpha value is -2.16. The highest BCUT2D eigenvalue weighted by molar-refractivity contribution is 14.1. The molecule has 3 heterocycles. The second-order valence-electron chi connectivity index (χ2n) is 7.85. The van der Waals surface area contributed by atoms with E-state index in [1.165, 1.54) is 24.5 Å². The Bertz CT molecular complexity index is 1290. The van der Waals surface area contributed by atoms with Crippen molar-refractivity contribution in [1.29, 1.82) is 0 Å². The molecule has 13 heteroatoms. The van der Waals surface area contributed by atoms with E-state index in [-0.39, 0.29) is 32.6 Å². The summed E-state index contributed by atoms with van der Waals surface area (Å²) in [6.45, 7) is 2.05. The summed E-state index contributed by atoms with van der Waals surface area (Å²) in [5, 5.41) is 4.24. The minimum Gasteiger partial charge on any atom is -0.610 e. The van der Waals surface area contributed by atoms with Crippen molar-refractivity contribution in [1.82, 2.24) is 15.1 Å². The summed E-state index contributed by atoms with van der Waals surface area (Å²) in [5.41, 5.74) is 4.66. The zero-order valence-corrected chi connectivity index (χ0v) is 21.7. The van der Waals surface area contributed by atoms with E-state index in [0.717, 1.165) is 6.07 Å². The fourth-order valence-electron chi connectivity index (χ4n) is 3.41. The largest absolute Gasteiger partial charge is 0.610 e. The molecule has 0 radical (unpaired) electrons. The van der Waals surface area contributed by atoms with E-state index in [1.54, 1.807) is 19.9 Å². The van der Waals surface area contributed by atoms with E-state index in [2.05, 4.69) is 25.1 Å². The highest BCUT2D eigenvalue weighted by atomic mass is 127. The monoisotopic (exact) mass is 618 g/mol. The molecule has 0 amide bonds. The summed E-state index contributed by atoms with van der Waals surface area (Å²) in [6.07, 6.45) is 2.83. The van der Waals surface area contributed by atoms with Gasteiger partial charge in [0.15, 0.2) is 27.9 Å². The van der Waals surface area contributed by atoms with E-state index >= 15 is 4.39 Å². The Morgan fingerprint density at radius 3 is 2.62 bits per heavy atom. The van der Waals surface area contributed by atoms with Gasteiger partial charge < -0.3 is 14.8 Å². The molecule has 8 nitrogen and oxygen atoms in total. The van der Waals surface area contributed by atoms with E-state index < -0.39 is 34.0 Å². The third-order valence-corrected chi connectivity index (χ3v) is 7.86. The van der Waals surface area contributed by atoms with Gasteiger partial charge in [-0.1, -0.05) is 39.3 Å². The lowest BCUT2D eigenvalue weighted by molar-refractivity contribution is 0.377. The minimum absolute atomic E-state index is 0.0532. The zero-order valence-electron chi connectivity index (χ0n) is 17.9. The molecule has 0 saturated carbocycles. The molecule has 0 spiro atoms. The number of aliphatic imine (C=N–C) groups is 2. The Morgan fingerprint density at radius 2 is 1.97 bits per heavy atom. The molecule has 3 aromatic rings. The predicted molar refractivity (Wildman–Crippen MR) is 136 cm³/mol. The normalized spacial score (nSPS) is 23.2. The van der Waals surface area contributed by atoms with Crippen molar-refractivity contribution >= 4 is 56.2 Å². The average Bonchev–Trinajstić information content (AvgIpc) is 3.31. The van der Waals surface area contributed by atoms with Crippen molar-refractivity contribution in [2.45, 2.75) is 24.1 Å². The number of rotatable bonds is 5. The van der Waals surface area contributed by atoms with Crippen LogP contribution in [0.15, 0.2) is 51.2 Å². The summed E-state index contributed by atoms with van der Waals surface area (Å²) in [4.78, 5) is 16.8. The van der Waals surface area contributed by atoms with Crippen LogP contribution in [0, 0.1) is 5.82 Å². The van der Waals surface area contributed by atoms with Gasteiger partial charge in [0.2, 0.25) is 5.54 Å². The van der Waals surface area contributed by atoms with Crippen molar-refractivity contribution in [3.05, 3.63) is 53.1 Å². The number of amidine groups is 1. The second-order valence-corrected chi connectivity index (χ2v) is 10.9. The fraction of sp³-hybridized carbons (Fsp3) is 0.286. The number of aromatic nitrogens is 3. The summed E-state index contributed by atoms with van der Waals surface area (Å²) in [6, 6.07) is 5.53. The maximum absolute atomic E-state index is 15.2. The van der Waals surface area contributed by atoms with Gasteiger partial charge in [-0.3, -0.25) is 0 Å². The fourth-order valence-corrected chi connectivity index (χ4v) is 5.50. The number of nitrogens with two attached hydrogens (primary N) is 1. The molecule has 1 aliphatic rings. The van der Waals surface area contributed by atoms with E-state index in [4.69, 9.17) is 21.9 Å². The van der Waals surface area contributed by atoms with Crippen molar-refractivity contribution < 1.29 is 17.9 Å². The van der Waals surface area contributed by atoms with Crippen LogP contribution >= 0.6 is 34.2 Å². The van der Waals surface area contributed by atoms with Crippen molar-refractivity contribution in [2.75, 3.05) is 11.2 Å². The van der Waals surface area contributed by atoms with Crippen LogP contribution in [0.4, 0.5) is 8.78 Å². The smallest absolute Gasteiger partial charge is 0.253 e. The van der Waals surface area contributed by atoms with Crippen LogP contribution in [-0.4, -0.2) is 46.5 Å². The van der Waals surface area contributed by atoms with E-state index in [0.29, 0.717) is 16.3 Å². The molecule has 1 aliphatic heterocycles. The molecule has 2 aromatic heterocycles. The quantitative estimate of drug-likeness (QED) is 0.195. The first kappa shape index (κ1) is 24.9. The van der Waals surface area contributed by atoms with Gasteiger partial charge in [-0.05, 0) is 32.0 Å². The zero-order chi connectivity index (χ0) is 24.7. The van der Waals surface area contributed by atoms with Crippen molar-refractivity contribution in [3.8, 4) is 22.8 Å². The first-order valence-electron chi connectivity index (χ1n) is 9.83. The van der Waals surface area contributed by atoms with Crippen LogP contribution in [0.1, 0.15) is 19.4 Å². The molecule has 0 unspecified atom stereocenters. The standard InChI is InChI=1S/C21H18ClF2IN6O2S/c1-20(2)18(26)30-21(9-23,19(29-10-25)34(20)32)13-5-11(3-4-14(13)24)16-6-15(31-33-16)17-27-7-12(22)8-28-17/h3-8H,9-10H2,1-2H3,(H2,26,30)/t21-,34-/m1/s1. The summed E-state index contributed by atoms with van der Waals surface area (Å²) in [5.74, 6) is -0.273.